The van der Waals surface area contributed by atoms with E-state index in [0.29, 0.717) is 15.5 Å². The summed E-state index contributed by atoms with van der Waals surface area (Å²) >= 11 is 6.48. The molecule has 0 aliphatic carbocycles. The molecule has 16 heavy (non-hydrogen) atoms. The second-order valence-corrected chi connectivity index (χ2v) is 5.41. The van der Waals surface area contributed by atoms with E-state index in [1.54, 1.807) is 6.20 Å². The summed E-state index contributed by atoms with van der Waals surface area (Å²) in [5.41, 5.74) is -0.104. The van der Waals surface area contributed by atoms with Crippen LogP contribution in [-0.4, -0.2) is 22.5 Å². The highest BCUT2D eigenvalue weighted by Gasteiger charge is 2.16. The van der Waals surface area contributed by atoms with Gasteiger partial charge in [-0.2, -0.15) is 5.10 Å². The molecular weight excluding hydrogens is 340 g/mol. The van der Waals surface area contributed by atoms with E-state index in [-0.39, 0.29) is 11.7 Å². The van der Waals surface area contributed by atoms with Crippen LogP contribution in [0.4, 0.5) is 0 Å². The molecule has 1 aliphatic heterocycles. The molecule has 1 saturated heterocycles. The highest BCUT2D eigenvalue weighted by molar-refractivity contribution is 9.13. The van der Waals surface area contributed by atoms with Crippen molar-refractivity contribution in [1.82, 2.24) is 9.78 Å². The molecule has 0 saturated carbocycles. The van der Waals surface area contributed by atoms with Gasteiger partial charge in [0.1, 0.15) is 4.47 Å². The third-order valence-corrected chi connectivity index (χ3v) is 4.53. The lowest BCUT2D eigenvalue weighted by molar-refractivity contribution is 0.0990. The minimum Gasteiger partial charge on any atom is -0.378 e. The van der Waals surface area contributed by atoms with Gasteiger partial charge in [0.25, 0.3) is 5.56 Å². The van der Waals surface area contributed by atoms with Crippen molar-refractivity contribution in [3.8, 4) is 0 Å². The molecule has 0 N–H and O–H groups in total. The van der Waals surface area contributed by atoms with E-state index in [1.165, 1.54) is 4.68 Å². The van der Waals surface area contributed by atoms with Gasteiger partial charge in [-0.05, 0) is 51.1 Å². The smallest absolute Gasteiger partial charge is 0.282 e. The number of nitrogens with zero attached hydrogens (tertiary/aromatic N) is 2. The Hall–Kier alpha value is -0.200. The van der Waals surface area contributed by atoms with Crippen LogP contribution in [0.3, 0.4) is 0 Å². The van der Waals surface area contributed by atoms with Gasteiger partial charge in [-0.25, -0.2) is 4.68 Å². The fraction of sp³-hybridized carbons (Fsp3) is 0.600. The van der Waals surface area contributed by atoms with E-state index < -0.39 is 0 Å². The Morgan fingerprint density at radius 1 is 1.56 bits per heavy atom. The Morgan fingerprint density at radius 2 is 2.38 bits per heavy atom. The van der Waals surface area contributed by atoms with E-state index in [0.717, 1.165) is 25.9 Å². The number of ether oxygens (including phenoxy) is 1. The number of aromatic nitrogens is 2. The topological polar surface area (TPSA) is 44.1 Å². The molecule has 4 nitrogen and oxygen atoms in total. The van der Waals surface area contributed by atoms with Gasteiger partial charge < -0.3 is 4.74 Å². The van der Waals surface area contributed by atoms with Crippen LogP contribution in [0.5, 0.6) is 0 Å². The van der Waals surface area contributed by atoms with Gasteiger partial charge in [0.15, 0.2) is 0 Å². The normalized spacial score (nSPS) is 20.2. The third-order valence-electron chi connectivity index (χ3n) is 2.63. The third kappa shape index (κ3) is 2.73. The number of halogens is 2. The van der Waals surface area contributed by atoms with Crippen LogP contribution in [0.15, 0.2) is 19.9 Å². The first-order valence-corrected chi connectivity index (χ1v) is 6.80. The van der Waals surface area contributed by atoms with Crippen LogP contribution in [0.25, 0.3) is 0 Å². The summed E-state index contributed by atoms with van der Waals surface area (Å²) < 4.78 is 8.18. The molecule has 0 spiro atoms. The molecule has 1 atom stereocenters. The summed E-state index contributed by atoms with van der Waals surface area (Å²) in [7, 11) is 0. The fourth-order valence-corrected chi connectivity index (χ4v) is 2.31. The van der Waals surface area contributed by atoms with Crippen LogP contribution < -0.4 is 5.56 Å². The van der Waals surface area contributed by atoms with E-state index in [9.17, 15) is 4.79 Å². The summed E-state index contributed by atoms with van der Waals surface area (Å²) in [5.74, 6) is 0. The molecule has 0 bridgehead atoms. The maximum Gasteiger partial charge on any atom is 0.282 e. The Kier molecular flexibility index (Phi) is 4.16. The quantitative estimate of drug-likeness (QED) is 0.839. The molecule has 0 amide bonds. The van der Waals surface area contributed by atoms with Crippen molar-refractivity contribution in [2.24, 2.45) is 0 Å². The first-order chi connectivity index (χ1) is 7.68. The first-order valence-electron chi connectivity index (χ1n) is 5.21. The van der Waals surface area contributed by atoms with Gasteiger partial charge in [-0.1, -0.05) is 0 Å². The molecule has 1 aliphatic rings. The Bertz CT molecular complexity index is 427. The van der Waals surface area contributed by atoms with Gasteiger partial charge in [-0.3, -0.25) is 4.79 Å². The average Bonchev–Trinajstić information content (AvgIpc) is 2.78. The summed E-state index contributed by atoms with van der Waals surface area (Å²) in [6.45, 7) is 1.45. The number of hydrogen-bond donors (Lipinski definition) is 0. The molecule has 6 heteroatoms. The summed E-state index contributed by atoms with van der Waals surface area (Å²) in [4.78, 5) is 11.8. The first kappa shape index (κ1) is 12.3. The van der Waals surface area contributed by atoms with Crippen molar-refractivity contribution in [2.45, 2.75) is 31.9 Å². The van der Waals surface area contributed by atoms with Gasteiger partial charge in [0, 0.05) is 13.2 Å². The average molecular weight is 352 g/mol. The lowest BCUT2D eigenvalue weighted by atomic mass is 10.2. The molecular formula is C10H12Br2N2O2. The molecule has 88 valence electrons. The number of aryl methyl sites for hydroxylation is 1. The summed E-state index contributed by atoms with van der Waals surface area (Å²) in [6.07, 6.45) is 4.97. The van der Waals surface area contributed by atoms with Crippen LogP contribution >= 0.6 is 31.9 Å². The lowest BCUT2D eigenvalue weighted by Crippen LogP contribution is -2.25. The second kappa shape index (κ2) is 5.42. The minimum absolute atomic E-state index is 0.104. The Balaban J connectivity index is 2.04. The van der Waals surface area contributed by atoms with Crippen LogP contribution in [-0.2, 0) is 11.3 Å². The highest BCUT2D eigenvalue weighted by atomic mass is 79.9. The van der Waals surface area contributed by atoms with Crippen molar-refractivity contribution in [3.05, 3.63) is 25.5 Å². The number of rotatable bonds is 3. The second-order valence-electron chi connectivity index (χ2n) is 3.76. The zero-order valence-electron chi connectivity index (χ0n) is 8.66. The van der Waals surface area contributed by atoms with E-state index >= 15 is 0 Å². The van der Waals surface area contributed by atoms with Crippen molar-refractivity contribution in [2.75, 3.05) is 6.61 Å². The molecule has 2 rings (SSSR count). The molecule has 0 aromatic carbocycles. The SMILES string of the molecule is O=c1c(Br)c(Br)cnn1CCC1CCCO1. The van der Waals surface area contributed by atoms with Crippen LogP contribution in [0.2, 0.25) is 0 Å². The zero-order chi connectivity index (χ0) is 11.5. The Morgan fingerprint density at radius 3 is 3.06 bits per heavy atom. The molecule has 1 aromatic rings. The van der Waals surface area contributed by atoms with Crippen molar-refractivity contribution < 1.29 is 4.74 Å². The Labute approximate surface area is 110 Å². The van der Waals surface area contributed by atoms with Crippen molar-refractivity contribution in [3.63, 3.8) is 0 Å². The van der Waals surface area contributed by atoms with Crippen molar-refractivity contribution in [1.29, 1.82) is 0 Å². The summed E-state index contributed by atoms with van der Waals surface area (Å²) in [5, 5.41) is 4.07. The van der Waals surface area contributed by atoms with Crippen LogP contribution in [0, 0.1) is 0 Å². The fourth-order valence-electron chi connectivity index (χ4n) is 1.74. The van der Waals surface area contributed by atoms with E-state index in [2.05, 4.69) is 37.0 Å². The van der Waals surface area contributed by atoms with Gasteiger partial charge in [0.2, 0.25) is 0 Å². The van der Waals surface area contributed by atoms with Gasteiger partial charge in [0.05, 0.1) is 16.8 Å². The van der Waals surface area contributed by atoms with Crippen LogP contribution in [0.1, 0.15) is 19.3 Å². The highest BCUT2D eigenvalue weighted by Crippen LogP contribution is 2.18. The maximum absolute atomic E-state index is 11.8. The standard InChI is InChI=1S/C10H12Br2N2O2/c11-8-6-13-14(10(15)9(8)12)4-3-7-2-1-5-16-7/h6-7H,1-5H2. The van der Waals surface area contributed by atoms with Crippen molar-refractivity contribution >= 4 is 31.9 Å². The predicted molar refractivity (Wildman–Crippen MR) is 67.5 cm³/mol. The zero-order valence-corrected chi connectivity index (χ0v) is 11.8. The molecule has 0 radical (unpaired) electrons. The molecule has 1 fully saturated rings. The lowest BCUT2D eigenvalue weighted by Gasteiger charge is -2.10. The molecule has 1 unspecified atom stereocenters. The van der Waals surface area contributed by atoms with E-state index in [1.807, 2.05) is 0 Å². The monoisotopic (exact) mass is 350 g/mol. The van der Waals surface area contributed by atoms with Gasteiger partial charge >= 0.3 is 0 Å². The van der Waals surface area contributed by atoms with E-state index in [4.69, 9.17) is 4.74 Å². The predicted octanol–water partition coefficient (Wildman–Crippen LogP) is 2.34. The maximum atomic E-state index is 11.8. The summed E-state index contributed by atoms with van der Waals surface area (Å²) in [6, 6.07) is 0. The molecule has 1 aromatic heterocycles. The van der Waals surface area contributed by atoms with Gasteiger partial charge in [-0.15, -0.1) is 0 Å². The number of hydrogen-bond acceptors (Lipinski definition) is 3. The minimum atomic E-state index is -0.104. The largest absolute Gasteiger partial charge is 0.378 e. The molecule has 2 heterocycles.